The second-order valence-electron chi connectivity index (χ2n) is 8.09. The zero-order chi connectivity index (χ0) is 24.7. The number of benzene rings is 2. The van der Waals surface area contributed by atoms with Gasteiger partial charge in [-0.3, -0.25) is 4.90 Å². The number of likely N-dealkylation sites (N-methyl/N-ethyl adjacent to an activating group) is 1. The molecule has 2 aliphatic rings. The predicted molar refractivity (Wildman–Crippen MR) is 119 cm³/mol. The van der Waals surface area contributed by atoms with E-state index in [9.17, 15) is 18.0 Å². The first-order valence-corrected chi connectivity index (χ1v) is 10.7. The average Bonchev–Trinajstić information content (AvgIpc) is 3.28. The van der Waals surface area contributed by atoms with E-state index in [4.69, 9.17) is 23.4 Å². The van der Waals surface area contributed by atoms with E-state index < -0.39 is 17.4 Å². The summed E-state index contributed by atoms with van der Waals surface area (Å²) in [6.07, 6.45) is -3.88. The fourth-order valence-electron chi connectivity index (χ4n) is 4.34. The van der Waals surface area contributed by atoms with Crippen LogP contribution < -0.4 is 24.6 Å². The number of ether oxygens (including phenoxy) is 4. The van der Waals surface area contributed by atoms with Gasteiger partial charge in [-0.15, -0.1) is 0 Å². The lowest BCUT2D eigenvalue weighted by atomic mass is 9.91. The molecule has 0 amide bonds. The van der Waals surface area contributed by atoms with Crippen LogP contribution in [0.25, 0.3) is 11.0 Å². The zero-order valence-corrected chi connectivity index (χ0v) is 18.8. The van der Waals surface area contributed by atoms with E-state index in [2.05, 4.69) is 16.7 Å². The Labute approximate surface area is 197 Å². The van der Waals surface area contributed by atoms with Gasteiger partial charge in [-0.1, -0.05) is 11.8 Å². The van der Waals surface area contributed by atoms with Crippen molar-refractivity contribution < 1.29 is 36.5 Å². The summed E-state index contributed by atoms with van der Waals surface area (Å²) in [5.41, 5.74) is -0.379. The molecular formula is C25H20F3NO6. The van der Waals surface area contributed by atoms with Crippen LogP contribution in [0.15, 0.2) is 39.5 Å². The highest BCUT2D eigenvalue weighted by molar-refractivity contribution is 5.82. The van der Waals surface area contributed by atoms with Crippen molar-refractivity contribution in [1.82, 2.24) is 4.90 Å². The highest BCUT2D eigenvalue weighted by atomic mass is 19.4. The molecule has 0 saturated heterocycles. The van der Waals surface area contributed by atoms with E-state index in [0.717, 1.165) is 24.1 Å². The third kappa shape index (κ3) is 4.23. The van der Waals surface area contributed by atoms with Gasteiger partial charge in [0.2, 0.25) is 12.5 Å². The number of hydrogen-bond acceptors (Lipinski definition) is 7. The number of methoxy groups -OCH3 is 1. The van der Waals surface area contributed by atoms with E-state index in [1.807, 2.05) is 13.1 Å². The first kappa shape index (κ1) is 22.9. The van der Waals surface area contributed by atoms with Gasteiger partial charge in [-0.2, -0.15) is 13.2 Å². The Hall–Kier alpha value is -3.84. The zero-order valence-electron chi connectivity index (χ0n) is 18.8. The van der Waals surface area contributed by atoms with Crippen molar-refractivity contribution in [3.8, 4) is 34.8 Å². The Morgan fingerprint density at radius 1 is 1.20 bits per heavy atom. The molecule has 2 aliphatic heterocycles. The van der Waals surface area contributed by atoms with Crippen LogP contribution >= 0.6 is 0 Å². The fraction of sp³-hybridized carbons (Fsp3) is 0.320. The van der Waals surface area contributed by atoms with Crippen LogP contribution in [0.5, 0.6) is 23.0 Å². The Morgan fingerprint density at radius 2 is 2.03 bits per heavy atom. The summed E-state index contributed by atoms with van der Waals surface area (Å²) in [5.74, 6) is 8.19. The summed E-state index contributed by atoms with van der Waals surface area (Å²) in [6, 6.07) is 5.95. The summed E-state index contributed by atoms with van der Waals surface area (Å²) in [5, 5.41) is -0.221. The monoisotopic (exact) mass is 487 g/mol. The smallest absolute Gasteiger partial charge is 0.417 e. The molecule has 182 valence electrons. The molecule has 3 aromatic rings. The molecule has 1 aromatic heterocycles. The second kappa shape index (κ2) is 8.74. The fourth-order valence-corrected chi connectivity index (χ4v) is 4.34. The van der Waals surface area contributed by atoms with Crippen molar-refractivity contribution in [2.24, 2.45) is 0 Å². The predicted octanol–water partition coefficient (Wildman–Crippen LogP) is 4.16. The van der Waals surface area contributed by atoms with Crippen molar-refractivity contribution in [2.75, 3.05) is 34.1 Å². The van der Waals surface area contributed by atoms with E-state index in [0.29, 0.717) is 23.3 Å². The van der Waals surface area contributed by atoms with Gasteiger partial charge in [0, 0.05) is 29.6 Å². The van der Waals surface area contributed by atoms with Crippen molar-refractivity contribution in [1.29, 1.82) is 0 Å². The molecule has 0 saturated carbocycles. The van der Waals surface area contributed by atoms with E-state index in [1.54, 1.807) is 7.11 Å². The SMILES string of the molecule is COc1c2c(cc3c1[C@H](C#CCOc1ccc4c(C(F)(F)F)cc(=O)oc4c1)N(C)CC3)OCO2. The summed E-state index contributed by atoms with van der Waals surface area (Å²) >= 11 is 0. The third-order valence-electron chi connectivity index (χ3n) is 5.97. The number of rotatable bonds is 3. The first-order chi connectivity index (χ1) is 16.8. The van der Waals surface area contributed by atoms with Gasteiger partial charge in [0.05, 0.1) is 12.7 Å². The lowest BCUT2D eigenvalue weighted by Gasteiger charge is -2.32. The molecule has 0 bridgehead atoms. The standard InChI is InChI=1S/C25H20F3NO6/c1-29-8-7-14-10-20-23(34-13-33-20)24(31-2)22(14)18(29)4-3-9-32-15-5-6-16-17(25(26,27)28)12-21(30)35-19(16)11-15/h5-6,10-12,18H,7-9,13H2,1-2H3/t18-/m0/s1. The molecule has 0 fully saturated rings. The van der Waals surface area contributed by atoms with Crippen molar-refractivity contribution in [2.45, 2.75) is 18.6 Å². The van der Waals surface area contributed by atoms with E-state index >= 15 is 0 Å². The molecule has 1 atom stereocenters. The maximum Gasteiger partial charge on any atom is 0.417 e. The topological polar surface area (TPSA) is 70.4 Å². The molecule has 0 aliphatic carbocycles. The van der Waals surface area contributed by atoms with Crippen LogP contribution in [0.4, 0.5) is 13.2 Å². The Bertz CT molecular complexity index is 1420. The molecule has 0 spiro atoms. The lowest BCUT2D eigenvalue weighted by molar-refractivity contribution is -0.136. The minimum Gasteiger partial charge on any atom is -0.492 e. The molecule has 0 N–H and O–H groups in total. The van der Waals surface area contributed by atoms with Crippen LogP contribution in [0.3, 0.4) is 0 Å². The number of nitrogens with zero attached hydrogens (tertiary/aromatic N) is 1. The van der Waals surface area contributed by atoms with Gasteiger partial charge < -0.3 is 23.4 Å². The maximum absolute atomic E-state index is 13.2. The highest BCUT2D eigenvalue weighted by Gasteiger charge is 2.34. The number of fused-ring (bicyclic) bond motifs is 3. The molecule has 10 heteroatoms. The molecule has 0 unspecified atom stereocenters. The molecule has 35 heavy (non-hydrogen) atoms. The van der Waals surface area contributed by atoms with Crippen molar-refractivity contribution >= 4 is 11.0 Å². The first-order valence-electron chi connectivity index (χ1n) is 10.7. The van der Waals surface area contributed by atoms with E-state index in [1.165, 1.54) is 18.2 Å². The Balaban J connectivity index is 1.39. The van der Waals surface area contributed by atoms with E-state index in [-0.39, 0.29) is 36.2 Å². The van der Waals surface area contributed by atoms with Gasteiger partial charge in [-0.25, -0.2) is 4.79 Å². The Kier molecular flexibility index (Phi) is 5.73. The summed E-state index contributed by atoms with van der Waals surface area (Å²) in [4.78, 5) is 13.7. The Morgan fingerprint density at radius 3 is 2.80 bits per heavy atom. The largest absolute Gasteiger partial charge is 0.492 e. The molecule has 5 rings (SSSR count). The van der Waals surface area contributed by atoms with Crippen molar-refractivity contribution in [3.05, 3.63) is 57.4 Å². The van der Waals surface area contributed by atoms with Gasteiger partial charge in [-0.05, 0) is 37.2 Å². The molecule has 0 radical (unpaired) electrons. The minimum atomic E-state index is -4.68. The number of alkyl halides is 3. The van der Waals surface area contributed by atoms with Crippen LogP contribution in [0.1, 0.15) is 22.7 Å². The van der Waals surface area contributed by atoms with Crippen LogP contribution in [0.2, 0.25) is 0 Å². The summed E-state index contributed by atoms with van der Waals surface area (Å²) in [6.45, 7) is 0.882. The maximum atomic E-state index is 13.2. The van der Waals surface area contributed by atoms with Gasteiger partial charge in [0.25, 0.3) is 0 Å². The molecular weight excluding hydrogens is 467 g/mol. The van der Waals surface area contributed by atoms with Crippen LogP contribution in [0, 0.1) is 11.8 Å². The number of hydrogen-bond donors (Lipinski definition) is 0. The quantitative estimate of drug-likeness (QED) is 0.406. The molecule has 7 nitrogen and oxygen atoms in total. The third-order valence-corrected chi connectivity index (χ3v) is 5.97. The van der Waals surface area contributed by atoms with Gasteiger partial charge >= 0.3 is 11.8 Å². The summed E-state index contributed by atoms with van der Waals surface area (Å²) in [7, 11) is 3.53. The normalized spacial score (nSPS) is 17.0. The van der Waals surface area contributed by atoms with Crippen molar-refractivity contribution in [3.63, 3.8) is 0 Å². The second-order valence-corrected chi connectivity index (χ2v) is 8.09. The van der Waals surface area contributed by atoms with Gasteiger partial charge in [0.1, 0.15) is 24.0 Å². The molecule has 3 heterocycles. The number of halogens is 3. The van der Waals surface area contributed by atoms with Gasteiger partial charge in [0.15, 0.2) is 11.5 Å². The van der Waals surface area contributed by atoms with Crippen LogP contribution in [-0.2, 0) is 12.6 Å². The van der Waals surface area contributed by atoms with Crippen LogP contribution in [-0.4, -0.2) is 39.0 Å². The minimum absolute atomic E-state index is 0.0265. The highest BCUT2D eigenvalue weighted by Crippen LogP contribution is 2.49. The average molecular weight is 487 g/mol. The summed E-state index contributed by atoms with van der Waals surface area (Å²) < 4.78 is 67.0. The molecule has 2 aromatic carbocycles. The lowest BCUT2D eigenvalue weighted by Crippen LogP contribution is -2.31.